The molecule has 3 N–H and O–H groups in total. The van der Waals surface area contributed by atoms with Gasteiger partial charge in [0.15, 0.2) is 0 Å². The molecule has 0 bridgehead atoms. The van der Waals surface area contributed by atoms with Crippen LogP contribution in [0.25, 0.3) is 0 Å². The van der Waals surface area contributed by atoms with Crippen LogP contribution < -0.4 is 11.1 Å². The fourth-order valence-corrected chi connectivity index (χ4v) is 2.24. The predicted octanol–water partition coefficient (Wildman–Crippen LogP) is 1.56. The highest BCUT2D eigenvalue weighted by Gasteiger charge is 2.10. The van der Waals surface area contributed by atoms with Crippen LogP contribution in [0.1, 0.15) is 32.9 Å². The number of amides is 1. The first-order chi connectivity index (χ1) is 9.90. The van der Waals surface area contributed by atoms with Crippen molar-refractivity contribution >= 4 is 5.91 Å². The minimum atomic E-state index is -0.630. The molecule has 0 saturated carbocycles. The number of aryl methyl sites for hydroxylation is 2. The summed E-state index contributed by atoms with van der Waals surface area (Å²) in [7, 11) is 1.90. The number of rotatable bonds is 5. The Bertz CT molecular complexity index is 679. The Labute approximate surface area is 123 Å². The van der Waals surface area contributed by atoms with Crippen molar-refractivity contribution in [3.8, 4) is 0 Å². The molecule has 1 aromatic carbocycles. The molecule has 2 aromatic rings. The molecule has 0 fully saturated rings. The Morgan fingerprint density at radius 2 is 2.10 bits per heavy atom. The largest absolute Gasteiger partial charge is 0.366 e. The number of hydrogen-bond donors (Lipinski definition) is 2. The number of nitrogens with one attached hydrogen (secondary N) is 1. The highest BCUT2D eigenvalue weighted by molar-refractivity contribution is 5.92. The van der Waals surface area contributed by atoms with Crippen molar-refractivity contribution in [2.75, 3.05) is 0 Å². The Balaban J connectivity index is 2.02. The molecule has 21 heavy (non-hydrogen) atoms. The van der Waals surface area contributed by atoms with Crippen LogP contribution >= 0.6 is 0 Å². The second-order valence-electron chi connectivity index (χ2n) is 5.05. The average Bonchev–Trinajstić information content (AvgIpc) is 2.66. The Morgan fingerprint density at radius 1 is 1.38 bits per heavy atom. The van der Waals surface area contributed by atoms with Gasteiger partial charge in [-0.3, -0.25) is 9.48 Å². The van der Waals surface area contributed by atoms with Crippen molar-refractivity contribution in [1.29, 1.82) is 0 Å². The zero-order chi connectivity index (χ0) is 15.6. The summed E-state index contributed by atoms with van der Waals surface area (Å²) in [5.41, 5.74) is 8.96. The summed E-state index contributed by atoms with van der Waals surface area (Å²) < 4.78 is 15.7. The van der Waals surface area contributed by atoms with Gasteiger partial charge in [0.25, 0.3) is 0 Å². The number of nitrogens with two attached hydrogens (primary N) is 1. The molecule has 1 amide bonds. The first-order valence-electron chi connectivity index (χ1n) is 6.68. The molecule has 6 heteroatoms. The van der Waals surface area contributed by atoms with Crippen LogP contribution in [-0.4, -0.2) is 15.7 Å². The Morgan fingerprint density at radius 3 is 2.62 bits per heavy atom. The van der Waals surface area contributed by atoms with Crippen LogP contribution in [0.2, 0.25) is 0 Å². The van der Waals surface area contributed by atoms with Crippen molar-refractivity contribution in [2.24, 2.45) is 12.8 Å². The summed E-state index contributed by atoms with van der Waals surface area (Å²) in [4.78, 5) is 11.0. The quantitative estimate of drug-likeness (QED) is 0.878. The van der Waals surface area contributed by atoms with Crippen LogP contribution in [0.4, 0.5) is 4.39 Å². The topological polar surface area (TPSA) is 72.9 Å². The first-order valence-corrected chi connectivity index (χ1v) is 6.68. The molecule has 112 valence electrons. The molecule has 0 aliphatic heterocycles. The summed E-state index contributed by atoms with van der Waals surface area (Å²) >= 11 is 0. The van der Waals surface area contributed by atoms with Gasteiger partial charge in [-0.1, -0.05) is 6.07 Å². The fraction of sp³-hybridized carbons (Fsp3) is 0.333. The molecule has 0 radical (unpaired) electrons. The van der Waals surface area contributed by atoms with E-state index in [4.69, 9.17) is 5.73 Å². The molecule has 1 heterocycles. The van der Waals surface area contributed by atoms with Crippen molar-refractivity contribution in [3.63, 3.8) is 0 Å². The van der Waals surface area contributed by atoms with Gasteiger partial charge in [-0.2, -0.15) is 5.10 Å². The molecule has 0 atom stereocenters. The number of benzene rings is 1. The van der Waals surface area contributed by atoms with E-state index in [0.29, 0.717) is 18.7 Å². The average molecular weight is 290 g/mol. The normalized spacial score (nSPS) is 10.9. The second-order valence-corrected chi connectivity index (χ2v) is 5.05. The van der Waals surface area contributed by atoms with Gasteiger partial charge in [-0.25, -0.2) is 4.39 Å². The van der Waals surface area contributed by atoms with Gasteiger partial charge in [0, 0.05) is 42.5 Å². The van der Waals surface area contributed by atoms with E-state index in [1.165, 1.54) is 12.1 Å². The molecular weight excluding hydrogens is 271 g/mol. The summed E-state index contributed by atoms with van der Waals surface area (Å²) in [5, 5.41) is 7.53. The fourth-order valence-electron chi connectivity index (χ4n) is 2.24. The lowest BCUT2D eigenvalue weighted by atomic mass is 10.1. The van der Waals surface area contributed by atoms with Crippen molar-refractivity contribution in [1.82, 2.24) is 15.1 Å². The van der Waals surface area contributed by atoms with Gasteiger partial charge in [-0.05, 0) is 26.0 Å². The third-order valence-corrected chi connectivity index (χ3v) is 3.61. The third kappa shape index (κ3) is 3.28. The second kappa shape index (κ2) is 6.05. The van der Waals surface area contributed by atoms with Crippen molar-refractivity contribution in [3.05, 3.63) is 52.1 Å². The third-order valence-electron chi connectivity index (χ3n) is 3.61. The molecule has 0 saturated heterocycles. The molecular formula is C15H19FN4O. The van der Waals surface area contributed by atoms with E-state index in [-0.39, 0.29) is 5.56 Å². The van der Waals surface area contributed by atoms with Crippen LogP contribution in [0.3, 0.4) is 0 Å². The van der Waals surface area contributed by atoms with E-state index in [1.54, 1.807) is 6.07 Å². The van der Waals surface area contributed by atoms with Crippen molar-refractivity contribution < 1.29 is 9.18 Å². The summed E-state index contributed by atoms with van der Waals surface area (Å²) in [5.74, 6) is -1.06. The summed E-state index contributed by atoms with van der Waals surface area (Å²) in [6.45, 7) is 4.94. The predicted molar refractivity (Wildman–Crippen MR) is 78.1 cm³/mol. The molecule has 1 aromatic heterocycles. The van der Waals surface area contributed by atoms with Gasteiger partial charge in [0.05, 0.1) is 5.69 Å². The highest BCUT2D eigenvalue weighted by atomic mass is 19.1. The van der Waals surface area contributed by atoms with E-state index < -0.39 is 11.7 Å². The van der Waals surface area contributed by atoms with Crippen LogP contribution in [-0.2, 0) is 20.1 Å². The number of primary amides is 1. The molecule has 5 nitrogen and oxygen atoms in total. The van der Waals surface area contributed by atoms with Crippen LogP contribution in [0.5, 0.6) is 0 Å². The van der Waals surface area contributed by atoms with Gasteiger partial charge in [-0.15, -0.1) is 0 Å². The number of nitrogens with zero attached hydrogens (tertiary/aromatic N) is 2. The number of halogens is 1. The lowest BCUT2D eigenvalue weighted by molar-refractivity contribution is 0.1000. The molecule has 0 aliphatic rings. The molecule has 0 spiro atoms. The van der Waals surface area contributed by atoms with Gasteiger partial charge >= 0.3 is 0 Å². The lowest BCUT2D eigenvalue weighted by Gasteiger charge is -2.07. The molecule has 2 rings (SSSR count). The molecule has 0 unspecified atom stereocenters. The standard InChI is InChI=1S/C15H19FN4O/c1-9-13(10(2)20(3)19-9)8-18-7-12-5-4-11(15(17)21)6-14(12)16/h4-6,18H,7-8H2,1-3H3,(H2,17,21). The highest BCUT2D eigenvalue weighted by Crippen LogP contribution is 2.13. The monoisotopic (exact) mass is 290 g/mol. The van der Waals surface area contributed by atoms with E-state index in [2.05, 4.69) is 10.4 Å². The number of aromatic nitrogens is 2. The lowest BCUT2D eigenvalue weighted by Crippen LogP contribution is -2.16. The summed E-state index contributed by atoms with van der Waals surface area (Å²) in [6.07, 6.45) is 0. The van der Waals surface area contributed by atoms with Crippen LogP contribution in [0.15, 0.2) is 18.2 Å². The van der Waals surface area contributed by atoms with E-state index >= 15 is 0 Å². The summed E-state index contributed by atoms with van der Waals surface area (Å²) in [6, 6.07) is 4.27. The first kappa shape index (κ1) is 15.2. The zero-order valence-electron chi connectivity index (χ0n) is 12.4. The van der Waals surface area contributed by atoms with Gasteiger partial charge in [0.2, 0.25) is 5.91 Å². The van der Waals surface area contributed by atoms with Crippen molar-refractivity contribution in [2.45, 2.75) is 26.9 Å². The van der Waals surface area contributed by atoms with Crippen LogP contribution in [0, 0.1) is 19.7 Å². The van der Waals surface area contributed by atoms with Gasteiger partial charge < -0.3 is 11.1 Å². The minimum Gasteiger partial charge on any atom is -0.366 e. The maximum absolute atomic E-state index is 13.8. The molecule has 0 aliphatic carbocycles. The van der Waals surface area contributed by atoms with E-state index in [9.17, 15) is 9.18 Å². The maximum atomic E-state index is 13.8. The van der Waals surface area contributed by atoms with Gasteiger partial charge in [0.1, 0.15) is 5.82 Å². The number of hydrogen-bond acceptors (Lipinski definition) is 3. The number of carbonyl (C=O) groups is 1. The minimum absolute atomic E-state index is 0.176. The SMILES string of the molecule is Cc1nn(C)c(C)c1CNCc1ccc(C(N)=O)cc1F. The van der Waals surface area contributed by atoms with E-state index in [0.717, 1.165) is 17.0 Å². The maximum Gasteiger partial charge on any atom is 0.248 e. The van der Waals surface area contributed by atoms with E-state index in [1.807, 2.05) is 25.6 Å². The number of carbonyl (C=O) groups excluding carboxylic acids is 1. The zero-order valence-corrected chi connectivity index (χ0v) is 12.4. The Hall–Kier alpha value is -2.21. The Kier molecular flexibility index (Phi) is 4.37. The smallest absolute Gasteiger partial charge is 0.248 e.